The highest BCUT2D eigenvalue weighted by Gasteiger charge is 2.27. The summed E-state index contributed by atoms with van der Waals surface area (Å²) in [6.45, 7) is 0.199. The molecule has 1 fully saturated rings. The molecule has 1 saturated heterocycles. The third kappa shape index (κ3) is 3.81. The molecule has 4 heterocycles. The molecule has 0 unspecified atom stereocenters. The van der Waals surface area contributed by atoms with Crippen LogP contribution in [0.2, 0.25) is 0 Å². The van der Waals surface area contributed by atoms with Crippen molar-refractivity contribution in [1.29, 1.82) is 0 Å². The number of ether oxygens (including phenoxy) is 1. The quantitative estimate of drug-likeness (QED) is 0.475. The van der Waals surface area contributed by atoms with Crippen LogP contribution in [-0.4, -0.2) is 73.6 Å². The van der Waals surface area contributed by atoms with Crippen molar-refractivity contribution in [1.82, 2.24) is 34.5 Å². The second-order valence-corrected chi connectivity index (χ2v) is 7.93. The van der Waals surface area contributed by atoms with Crippen LogP contribution in [-0.2, 0) is 11.3 Å². The van der Waals surface area contributed by atoms with E-state index in [4.69, 9.17) is 4.74 Å². The lowest BCUT2D eigenvalue weighted by atomic mass is 10.1. The molecule has 1 aliphatic rings. The largest absolute Gasteiger partial charge is 0.479 e. The van der Waals surface area contributed by atoms with Gasteiger partial charge in [-0.25, -0.2) is 18.0 Å². The molecule has 3 aromatic heterocycles. The Morgan fingerprint density at radius 2 is 2.15 bits per heavy atom. The van der Waals surface area contributed by atoms with Gasteiger partial charge in [0, 0.05) is 25.4 Å². The van der Waals surface area contributed by atoms with E-state index in [2.05, 4.69) is 25.7 Å². The summed E-state index contributed by atoms with van der Waals surface area (Å²) in [5.74, 6) is 0.604. The van der Waals surface area contributed by atoms with Gasteiger partial charge >= 0.3 is 0 Å². The number of likely N-dealkylation sites (N-methyl/N-ethyl adjacent to an activating group) is 1. The first kappa shape index (κ1) is 21.0. The lowest BCUT2D eigenvalue weighted by Crippen LogP contribution is -2.45. The maximum absolute atomic E-state index is 12.9. The summed E-state index contributed by atoms with van der Waals surface area (Å²) < 4.78 is 34.2. The van der Waals surface area contributed by atoms with Crippen molar-refractivity contribution in [3.05, 3.63) is 30.5 Å². The van der Waals surface area contributed by atoms with Crippen molar-refractivity contribution in [2.45, 2.75) is 31.9 Å². The Bertz CT molecular complexity index is 1330. The van der Waals surface area contributed by atoms with Gasteiger partial charge in [-0.2, -0.15) is 4.98 Å². The van der Waals surface area contributed by atoms with Crippen molar-refractivity contribution >= 4 is 28.4 Å². The van der Waals surface area contributed by atoms with E-state index in [1.165, 1.54) is 11.8 Å². The van der Waals surface area contributed by atoms with E-state index in [1.54, 1.807) is 34.8 Å². The summed E-state index contributed by atoms with van der Waals surface area (Å²) in [6, 6.07) is 6.78. The molecule has 1 N–H and O–H groups in total. The molecule has 0 bridgehead atoms. The highest BCUT2D eigenvalue weighted by molar-refractivity contribution is 5.89. The zero-order valence-corrected chi connectivity index (χ0v) is 18.1. The third-order valence-electron chi connectivity index (χ3n) is 5.77. The van der Waals surface area contributed by atoms with Crippen LogP contribution in [0.4, 0.5) is 14.7 Å². The number of alkyl halides is 2. The molecule has 12 heteroatoms. The van der Waals surface area contributed by atoms with Crippen LogP contribution in [0.25, 0.3) is 27.7 Å². The van der Waals surface area contributed by atoms with Crippen molar-refractivity contribution in [2.24, 2.45) is 0 Å². The van der Waals surface area contributed by atoms with Crippen molar-refractivity contribution < 1.29 is 18.3 Å². The lowest BCUT2D eigenvalue weighted by molar-refractivity contribution is -0.132. The van der Waals surface area contributed by atoms with Crippen LogP contribution in [0.5, 0.6) is 5.88 Å². The fourth-order valence-corrected chi connectivity index (χ4v) is 4.15. The van der Waals surface area contributed by atoms with Gasteiger partial charge in [0.1, 0.15) is 23.6 Å². The Balaban J connectivity index is 1.53. The molecule has 172 valence electrons. The van der Waals surface area contributed by atoms with Gasteiger partial charge in [0.25, 0.3) is 6.43 Å². The minimum absolute atomic E-state index is 0.000528. The van der Waals surface area contributed by atoms with E-state index in [0.29, 0.717) is 28.9 Å². The average Bonchev–Trinajstić information content (AvgIpc) is 3.40. The Hall–Kier alpha value is -3.83. The first-order valence-electron chi connectivity index (χ1n) is 10.5. The minimum atomic E-state index is -2.54. The smallest absolute Gasteiger partial charge is 0.258 e. The van der Waals surface area contributed by atoms with Crippen LogP contribution in [0.15, 0.2) is 30.5 Å². The van der Waals surface area contributed by atoms with E-state index in [9.17, 15) is 13.6 Å². The zero-order chi connectivity index (χ0) is 23.1. The molecule has 1 atom stereocenters. The SMILES string of the molecule is COc1nc(N[C@H]2CCCN(C)C2=O)nn2ccc(-c3ccc4nnn(CC(F)F)c4c3)c12. The summed E-state index contributed by atoms with van der Waals surface area (Å²) in [5.41, 5.74) is 3.17. The minimum Gasteiger partial charge on any atom is -0.479 e. The van der Waals surface area contributed by atoms with Gasteiger partial charge in [0.2, 0.25) is 17.7 Å². The zero-order valence-electron chi connectivity index (χ0n) is 18.1. The molecule has 10 nitrogen and oxygen atoms in total. The van der Waals surface area contributed by atoms with Crippen LogP contribution in [0.3, 0.4) is 0 Å². The number of benzene rings is 1. The van der Waals surface area contributed by atoms with Gasteiger partial charge in [0.05, 0.1) is 12.6 Å². The number of fused-ring (bicyclic) bond motifs is 2. The summed E-state index contributed by atoms with van der Waals surface area (Å²) in [6.07, 6.45) is 0.814. The normalized spacial score (nSPS) is 16.8. The number of carbonyl (C=O) groups excluding carboxylic acids is 1. The molecule has 5 rings (SSSR count). The van der Waals surface area contributed by atoms with Crippen LogP contribution >= 0.6 is 0 Å². The molecule has 4 aromatic rings. The van der Waals surface area contributed by atoms with E-state index in [1.807, 2.05) is 12.1 Å². The lowest BCUT2D eigenvalue weighted by Gasteiger charge is -2.29. The predicted molar refractivity (Wildman–Crippen MR) is 116 cm³/mol. The number of carbonyl (C=O) groups is 1. The molecule has 33 heavy (non-hydrogen) atoms. The number of hydrogen-bond donors (Lipinski definition) is 1. The van der Waals surface area contributed by atoms with Gasteiger partial charge in [-0.05, 0) is 36.6 Å². The van der Waals surface area contributed by atoms with Crippen LogP contribution in [0, 0.1) is 0 Å². The first-order valence-corrected chi connectivity index (χ1v) is 10.5. The summed E-state index contributed by atoms with van der Waals surface area (Å²) in [7, 11) is 3.28. The number of aromatic nitrogens is 6. The van der Waals surface area contributed by atoms with E-state index >= 15 is 0 Å². The Morgan fingerprint density at radius 1 is 1.30 bits per heavy atom. The van der Waals surface area contributed by atoms with Crippen molar-refractivity contribution in [3.8, 4) is 17.0 Å². The molecule has 0 spiro atoms. The molecule has 1 aliphatic heterocycles. The monoisotopic (exact) mass is 456 g/mol. The van der Waals surface area contributed by atoms with Gasteiger partial charge in [-0.3, -0.25) is 4.79 Å². The molecular weight excluding hydrogens is 434 g/mol. The van der Waals surface area contributed by atoms with E-state index < -0.39 is 19.0 Å². The number of nitrogens with zero attached hydrogens (tertiary/aromatic N) is 7. The van der Waals surface area contributed by atoms with Gasteiger partial charge in [0.15, 0.2) is 0 Å². The van der Waals surface area contributed by atoms with Crippen molar-refractivity contribution in [2.75, 3.05) is 26.0 Å². The number of rotatable bonds is 6. The standard InChI is InChI=1S/C21H22F2N8O2/c1-29-8-3-4-15(20(29)32)24-21-25-19(33-2)18-13(7-9-30(18)27-21)12-5-6-14-16(10-12)31(28-26-14)11-17(22)23/h5-7,9-10,15,17H,3-4,8,11H2,1-2H3,(H,24,27)/t15-/m0/s1. The molecule has 1 amide bonds. The van der Waals surface area contributed by atoms with Gasteiger partial charge in [-0.15, -0.1) is 10.2 Å². The van der Waals surface area contributed by atoms with Crippen molar-refractivity contribution in [3.63, 3.8) is 0 Å². The number of anilines is 1. The highest BCUT2D eigenvalue weighted by atomic mass is 19.3. The summed E-state index contributed by atoms with van der Waals surface area (Å²) >= 11 is 0. The third-order valence-corrected chi connectivity index (χ3v) is 5.77. The van der Waals surface area contributed by atoms with E-state index in [-0.39, 0.29) is 11.9 Å². The fourth-order valence-electron chi connectivity index (χ4n) is 4.15. The number of methoxy groups -OCH3 is 1. The molecule has 0 radical (unpaired) electrons. The molecule has 1 aromatic carbocycles. The van der Waals surface area contributed by atoms with Crippen LogP contribution < -0.4 is 10.1 Å². The number of amides is 1. The summed E-state index contributed by atoms with van der Waals surface area (Å²) in [5, 5.41) is 15.4. The van der Waals surface area contributed by atoms with Gasteiger partial charge in [-0.1, -0.05) is 11.3 Å². The second kappa shape index (κ2) is 8.26. The number of nitrogens with one attached hydrogen (secondary N) is 1. The Labute approximate surface area is 187 Å². The molecule has 0 saturated carbocycles. The Kier molecular flexibility index (Phi) is 5.27. The fraction of sp³-hybridized carbons (Fsp3) is 0.381. The number of hydrogen-bond acceptors (Lipinski definition) is 7. The number of halogens is 2. The predicted octanol–water partition coefficient (Wildman–Crippen LogP) is 2.45. The number of likely N-dealkylation sites (tertiary alicyclic amines) is 1. The molecular formula is C21H22F2N8O2. The van der Waals surface area contributed by atoms with E-state index in [0.717, 1.165) is 24.1 Å². The Morgan fingerprint density at radius 3 is 2.94 bits per heavy atom. The van der Waals surface area contributed by atoms with Gasteiger partial charge < -0.3 is 15.0 Å². The second-order valence-electron chi connectivity index (χ2n) is 7.93. The topological polar surface area (TPSA) is 102 Å². The van der Waals surface area contributed by atoms with Crippen LogP contribution in [0.1, 0.15) is 12.8 Å². The first-order chi connectivity index (χ1) is 15.9. The molecule has 0 aliphatic carbocycles. The highest BCUT2D eigenvalue weighted by Crippen LogP contribution is 2.33. The summed E-state index contributed by atoms with van der Waals surface area (Å²) in [4.78, 5) is 18.6. The maximum Gasteiger partial charge on any atom is 0.258 e. The average molecular weight is 456 g/mol. The maximum atomic E-state index is 12.9. The number of piperidine rings is 1.